The van der Waals surface area contributed by atoms with E-state index in [9.17, 15) is 2.74 Å². The van der Waals surface area contributed by atoms with Crippen LogP contribution in [-0.4, -0.2) is 19.5 Å². The molecule has 0 fully saturated rings. The zero-order chi connectivity index (χ0) is 42.7. The summed E-state index contributed by atoms with van der Waals surface area (Å²) in [6.45, 7) is 0. The van der Waals surface area contributed by atoms with Gasteiger partial charge in [-0.25, -0.2) is 15.0 Å². The monoisotopic (exact) mass is 752 g/mol. The summed E-state index contributed by atoms with van der Waals surface area (Å²) in [4.78, 5) is 15.6. The fourth-order valence-corrected chi connectivity index (χ4v) is 9.30. The molecule has 0 N–H and O–H groups in total. The Morgan fingerprint density at radius 1 is 0.474 bits per heavy atom. The lowest BCUT2D eigenvalue weighted by atomic mass is 9.99. The zero-order valence-corrected chi connectivity index (χ0v) is 30.8. The van der Waals surface area contributed by atoms with Gasteiger partial charge in [-0.2, -0.15) is 0 Å². The number of hydrogen-bond acceptors (Lipinski definition) is 5. The molecule has 0 spiro atoms. The zero-order valence-electron chi connectivity index (χ0n) is 36.0. The Bertz CT molecular complexity index is 3830. The fourth-order valence-electron chi connectivity index (χ4n) is 8.06. The number of para-hydroxylation sites is 4. The van der Waals surface area contributed by atoms with Crippen LogP contribution in [0.1, 0.15) is 8.22 Å². The van der Waals surface area contributed by atoms with E-state index in [4.69, 9.17) is 24.9 Å². The molecule has 4 aromatic heterocycles. The van der Waals surface area contributed by atoms with E-state index < -0.39 is 0 Å². The third kappa shape index (κ3) is 4.98. The van der Waals surface area contributed by atoms with Gasteiger partial charge >= 0.3 is 0 Å². The summed E-state index contributed by atoms with van der Waals surface area (Å²) in [6.07, 6.45) is 0. The van der Waals surface area contributed by atoms with Crippen LogP contribution in [0.4, 0.5) is 0 Å². The van der Waals surface area contributed by atoms with Crippen LogP contribution in [0.25, 0.3) is 115 Å². The molecule has 0 radical (unpaired) electrons. The molecule has 57 heavy (non-hydrogen) atoms. The summed E-state index contributed by atoms with van der Waals surface area (Å²) in [6, 6.07) is 45.8. The first kappa shape index (κ1) is 26.4. The summed E-state index contributed by atoms with van der Waals surface area (Å²) < 4.78 is 64.5. The van der Waals surface area contributed by atoms with Crippen molar-refractivity contribution < 1.29 is 12.6 Å². The lowest BCUT2D eigenvalue weighted by Gasteiger charge is -2.16. The van der Waals surface area contributed by atoms with E-state index in [1.165, 1.54) is 22.2 Å². The SMILES string of the molecule is [2H]c1cc([2H])c2c(c1[2H])c1c([2H])c([2H])cc([2H])c1n2-c1ccc(-c2cccc3c2sc2ccccc23)cc1-c1nc(-c2ccccc2)nc(-c2cccc3c2oc2ccccc23)n1. The minimum Gasteiger partial charge on any atom is -0.455 e. The van der Waals surface area contributed by atoms with Crippen LogP contribution in [-0.2, 0) is 0 Å². The minimum absolute atomic E-state index is 0.0597. The molecule has 4 heterocycles. The van der Waals surface area contributed by atoms with Crippen LogP contribution in [0.5, 0.6) is 0 Å². The first-order chi connectivity index (χ1) is 30.7. The molecule has 0 bridgehead atoms. The molecule has 0 saturated carbocycles. The Morgan fingerprint density at radius 3 is 1.93 bits per heavy atom. The molecule has 0 aliphatic rings. The Labute approximate surface area is 339 Å². The van der Waals surface area contributed by atoms with Gasteiger partial charge < -0.3 is 8.98 Å². The van der Waals surface area contributed by atoms with Gasteiger partial charge in [0.05, 0.1) is 30.5 Å². The number of benzene rings is 8. The molecule has 0 aliphatic carbocycles. The van der Waals surface area contributed by atoms with Crippen molar-refractivity contribution in [1.82, 2.24) is 19.5 Å². The lowest BCUT2D eigenvalue weighted by Crippen LogP contribution is -2.04. The third-order valence-corrected chi connectivity index (χ3v) is 11.9. The quantitative estimate of drug-likeness (QED) is 0.176. The summed E-state index contributed by atoms with van der Waals surface area (Å²) in [5.41, 5.74) is 6.15. The average Bonchev–Trinajstić information content (AvgIpc) is 4.01. The fraction of sp³-hybridized carbons (Fsp3) is 0. The van der Waals surface area contributed by atoms with Crippen molar-refractivity contribution in [3.8, 4) is 51.0 Å². The Hall–Kier alpha value is -7.41. The Morgan fingerprint density at radius 2 is 1.12 bits per heavy atom. The maximum Gasteiger partial charge on any atom is 0.167 e. The molecule has 0 amide bonds. The molecule has 12 aromatic rings. The molecule has 266 valence electrons. The molecule has 0 aliphatic heterocycles. The average molecular weight is 753 g/mol. The molecule has 8 aromatic carbocycles. The molecular formula is C51H30N4OS. The topological polar surface area (TPSA) is 56.7 Å². The second kappa shape index (κ2) is 12.6. The molecule has 0 unspecified atom stereocenters. The highest BCUT2D eigenvalue weighted by atomic mass is 32.1. The number of aromatic nitrogens is 4. The largest absolute Gasteiger partial charge is 0.455 e. The van der Waals surface area contributed by atoms with Gasteiger partial charge in [0.25, 0.3) is 0 Å². The smallest absolute Gasteiger partial charge is 0.167 e. The van der Waals surface area contributed by atoms with Crippen molar-refractivity contribution in [2.45, 2.75) is 0 Å². The van der Waals surface area contributed by atoms with E-state index in [1.54, 1.807) is 15.9 Å². The molecule has 0 atom stereocenters. The summed E-state index contributed by atoms with van der Waals surface area (Å²) in [7, 11) is 0. The normalized spacial score (nSPS) is 13.3. The van der Waals surface area contributed by atoms with Crippen LogP contribution >= 0.6 is 11.3 Å². The highest BCUT2D eigenvalue weighted by Crippen LogP contribution is 2.43. The number of nitrogens with zero attached hydrogens (tertiary/aromatic N) is 4. The number of rotatable bonds is 5. The van der Waals surface area contributed by atoms with Gasteiger partial charge in [-0.15, -0.1) is 11.3 Å². The van der Waals surface area contributed by atoms with Gasteiger partial charge in [-0.1, -0.05) is 139 Å². The van der Waals surface area contributed by atoms with E-state index >= 15 is 0 Å². The first-order valence-corrected chi connectivity index (χ1v) is 19.3. The van der Waals surface area contributed by atoms with Crippen LogP contribution in [0.15, 0.2) is 186 Å². The molecular weight excluding hydrogens is 717 g/mol. The van der Waals surface area contributed by atoms with Gasteiger partial charge in [0.1, 0.15) is 11.2 Å². The van der Waals surface area contributed by atoms with E-state index in [1.807, 2.05) is 103 Å². The summed E-state index contributed by atoms with van der Waals surface area (Å²) >= 11 is 1.72. The Balaban J connectivity index is 1.22. The predicted octanol–water partition coefficient (Wildman–Crippen LogP) is 13.9. The molecule has 6 heteroatoms. The van der Waals surface area contributed by atoms with E-state index in [0.29, 0.717) is 39.9 Å². The maximum absolute atomic E-state index is 9.29. The van der Waals surface area contributed by atoms with Gasteiger partial charge in [0.2, 0.25) is 0 Å². The second-order valence-electron chi connectivity index (χ2n) is 13.9. The lowest BCUT2D eigenvalue weighted by molar-refractivity contribution is 0.669. The van der Waals surface area contributed by atoms with Crippen LogP contribution in [0.3, 0.4) is 0 Å². The summed E-state index contributed by atoms with van der Waals surface area (Å²) in [5, 5.41) is 4.52. The van der Waals surface area contributed by atoms with Crippen LogP contribution < -0.4 is 0 Å². The molecule has 0 saturated heterocycles. The number of thiophene rings is 1. The number of furan rings is 1. The van der Waals surface area contributed by atoms with Gasteiger partial charge in [0.15, 0.2) is 17.5 Å². The van der Waals surface area contributed by atoms with Gasteiger partial charge in [-0.05, 0) is 53.5 Å². The van der Waals surface area contributed by atoms with Crippen molar-refractivity contribution in [1.29, 1.82) is 0 Å². The standard InChI is InChI=1S/C51H30N4OS/c1-2-14-31(15-3-1)49-52-50(40-23-13-21-38-36-18-6-10-26-45(36)56-47(38)40)54-51(53-49)41-30-32(33-20-12-22-39-37-19-7-11-27-46(37)57-48(33)39)28-29-44(41)55-42-24-8-4-16-34(42)35-17-5-9-25-43(35)55/h1-30H/i4D,5D,16D,17D,24D,25D. The highest BCUT2D eigenvalue weighted by molar-refractivity contribution is 7.26. The van der Waals surface area contributed by atoms with Crippen molar-refractivity contribution in [2.24, 2.45) is 0 Å². The first-order valence-electron chi connectivity index (χ1n) is 21.5. The van der Waals surface area contributed by atoms with Gasteiger partial charge in [0, 0.05) is 52.8 Å². The number of fused-ring (bicyclic) bond motifs is 9. The summed E-state index contributed by atoms with van der Waals surface area (Å²) in [5.74, 6) is 1.08. The maximum atomic E-state index is 9.29. The van der Waals surface area contributed by atoms with Crippen molar-refractivity contribution in [2.75, 3.05) is 0 Å². The molecule has 12 rings (SSSR count). The van der Waals surface area contributed by atoms with Crippen molar-refractivity contribution in [3.05, 3.63) is 182 Å². The second-order valence-corrected chi connectivity index (χ2v) is 14.9. The van der Waals surface area contributed by atoms with Gasteiger partial charge in [-0.3, -0.25) is 0 Å². The van der Waals surface area contributed by atoms with Crippen LogP contribution in [0, 0.1) is 0 Å². The minimum atomic E-state index is -0.189. The van der Waals surface area contributed by atoms with E-state index in [0.717, 1.165) is 43.1 Å². The predicted molar refractivity (Wildman–Crippen MR) is 236 cm³/mol. The number of hydrogen-bond donors (Lipinski definition) is 0. The molecule has 5 nitrogen and oxygen atoms in total. The van der Waals surface area contributed by atoms with Crippen LogP contribution in [0.2, 0.25) is 0 Å². The third-order valence-electron chi connectivity index (χ3n) is 10.6. The van der Waals surface area contributed by atoms with E-state index in [-0.39, 0.29) is 58.1 Å². The van der Waals surface area contributed by atoms with E-state index in [2.05, 4.69) is 30.3 Å². The highest BCUT2D eigenvalue weighted by Gasteiger charge is 2.22. The van der Waals surface area contributed by atoms with Crippen molar-refractivity contribution >= 4 is 75.3 Å². The Kier molecular flexibility index (Phi) is 5.82. The van der Waals surface area contributed by atoms with Crippen molar-refractivity contribution in [3.63, 3.8) is 0 Å².